The topological polar surface area (TPSA) is 54.4 Å². The van der Waals surface area contributed by atoms with Crippen LogP contribution in [0.25, 0.3) is 0 Å². The van der Waals surface area contributed by atoms with E-state index in [0.717, 1.165) is 11.8 Å². The van der Waals surface area contributed by atoms with E-state index in [0.29, 0.717) is 6.42 Å². The number of rotatable bonds is 4. The summed E-state index contributed by atoms with van der Waals surface area (Å²) < 4.78 is 0. The van der Waals surface area contributed by atoms with E-state index in [1.807, 2.05) is 0 Å². The van der Waals surface area contributed by atoms with E-state index in [1.165, 1.54) is 6.07 Å². The normalized spacial score (nSPS) is 12.1. The summed E-state index contributed by atoms with van der Waals surface area (Å²) >= 11 is 5.78. The second kappa shape index (κ2) is 4.94. The first kappa shape index (κ1) is 11.7. The minimum Gasteiger partial charge on any atom is -0.478 e. The number of benzene rings is 1. The molecule has 3 nitrogen and oxygen atoms in total. The molecule has 1 aromatic rings. The Bertz CT molecular complexity index is 387. The smallest absolute Gasteiger partial charge is 0.337 e. The molecule has 0 aliphatic rings. The van der Waals surface area contributed by atoms with Gasteiger partial charge in [-0.2, -0.15) is 0 Å². The number of aldehydes is 1. The largest absolute Gasteiger partial charge is 0.478 e. The van der Waals surface area contributed by atoms with Gasteiger partial charge in [-0.05, 0) is 24.1 Å². The molecule has 1 atom stereocenters. The van der Waals surface area contributed by atoms with Gasteiger partial charge in [-0.25, -0.2) is 4.79 Å². The van der Waals surface area contributed by atoms with Gasteiger partial charge >= 0.3 is 5.97 Å². The third kappa shape index (κ3) is 3.06. The molecule has 0 fully saturated rings. The maximum atomic E-state index is 10.7. The van der Waals surface area contributed by atoms with Crippen molar-refractivity contribution < 1.29 is 14.7 Å². The minimum atomic E-state index is -1.05. The zero-order valence-corrected chi connectivity index (χ0v) is 8.99. The molecule has 15 heavy (non-hydrogen) atoms. The van der Waals surface area contributed by atoms with Crippen LogP contribution in [0, 0.1) is 5.92 Å². The van der Waals surface area contributed by atoms with Gasteiger partial charge in [-0.1, -0.05) is 24.6 Å². The van der Waals surface area contributed by atoms with Crippen LogP contribution in [0.4, 0.5) is 0 Å². The van der Waals surface area contributed by atoms with Gasteiger partial charge in [0.2, 0.25) is 0 Å². The SMILES string of the molecule is CC(C=O)Cc1ccc(C(=O)O)c(Cl)c1. The van der Waals surface area contributed by atoms with Crippen molar-refractivity contribution in [1.82, 2.24) is 0 Å². The molecule has 1 unspecified atom stereocenters. The van der Waals surface area contributed by atoms with Crippen LogP contribution in [-0.4, -0.2) is 17.4 Å². The molecule has 0 aliphatic carbocycles. The molecule has 0 aromatic heterocycles. The van der Waals surface area contributed by atoms with Crippen LogP contribution in [0.3, 0.4) is 0 Å². The first-order chi connectivity index (χ1) is 7.04. The molecule has 1 rings (SSSR count). The van der Waals surface area contributed by atoms with Crippen LogP contribution >= 0.6 is 11.6 Å². The van der Waals surface area contributed by atoms with Crippen LogP contribution < -0.4 is 0 Å². The van der Waals surface area contributed by atoms with Gasteiger partial charge in [0.1, 0.15) is 6.29 Å². The first-order valence-corrected chi connectivity index (χ1v) is 4.89. The van der Waals surface area contributed by atoms with Gasteiger partial charge in [0, 0.05) is 5.92 Å². The second-order valence-electron chi connectivity index (χ2n) is 3.44. The predicted molar refractivity (Wildman–Crippen MR) is 57.3 cm³/mol. The van der Waals surface area contributed by atoms with Crippen molar-refractivity contribution in [2.75, 3.05) is 0 Å². The average Bonchev–Trinajstić information content (AvgIpc) is 2.17. The Balaban J connectivity index is 2.91. The van der Waals surface area contributed by atoms with E-state index in [1.54, 1.807) is 19.1 Å². The third-order valence-electron chi connectivity index (χ3n) is 2.05. The number of halogens is 1. The van der Waals surface area contributed by atoms with Crippen molar-refractivity contribution >= 4 is 23.9 Å². The summed E-state index contributed by atoms with van der Waals surface area (Å²) in [6.07, 6.45) is 1.43. The molecular weight excluding hydrogens is 216 g/mol. The fourth-order valence-corrected chi connectivity index (χ4v) is 1.56. The van der Waals surface area contributed by atoms with Crippen molar-refractivity contribution in [3.8, 4) is 0 Å². The maximum Gasteiger partial charge on any atom is 0.337 e. The summed E-state index contributed by atoms with van der Waals surface area (Å²) in [6, 6.07) is 4.72. The van der Waals surface area contributed by atoms with Gasteiger partial charge in [-0.15, -0.1) is 0 Å². The maximum absolute atomic E-state index is 10.7. The lowest BCUT2D eigenvalue weighted by molar-refractivity contribution is -0.110. The summed E-state index contributed by atoms with van der Waals surface area (Å²) in [5.41, 5.74) is 0.948. The van der Waals surface area contributed by atoms with E-state index in [9.17, 15) is 9.59 Å². The molecule has 1 N–H and O–H groups in total. The summed E-state index contributed by atoms with van der Waals surface area (Å²) in [5, 5.41) is 8.95. The van der Waals surface area contributed by atoms with Crippen LogP contribution in [0.15, 0.2) is 18.2 Å². The van der Waals surface area contributed by atoms with E-state index in [-0.39, 0.29) is 16.5 Å². The number of aromatic carboxylic acids is 1. The van der Waals surface area contributed by atoms with Crippen LogP contribution in [0.2, 0.25) is 5.02 Å². The fraction of sp³-hybridized carbons (Fsp3) is 0.273. The van der Waals surface area contributed by atoms with Crippen molar-refractivity contribution in [3.05, 3.63) is 34.3 Å². The molecule has 0 aliphatic heterocycles. The number of carboxylic acids is 1. The lowest BCUT2D eigenvalue weighted by Gasteiger charge is -2.05. The van der Waals surface area contributed by atoms with Gasteiger partial charge in [0.05, 0.1) is 10.6 Å². The van der Waals surface area contributed by atoms with Gasteiger partial charge < -0.3 is 9.90 Å². The number of hydrogen-bond donors (Lipinski definition) is 1. The zero-order chi connectivity index (χ0) is 11.4. The molecule has 80 valence electrons. The predicted octanol–water partition coefficient (Wildman–Crippen LogP) is 2.42. The lowest BCUT2D eigenvalue weighted by atomic mass is 10.0. The van der Waals surface area contributed by atoms with E-state index in [4.69, 9.17) is 16.7 Å². The van der Waals surface area contributed by atoms with E-state index in [2.05, 4.69) is 0 Å². The number of carbonyl (C=O) groups is 2. The Kier molecular flexibility index (Phi) is 3.86. The Morgan fingerprint density at radius 2 is 2.27 bits per heavy atom. The molecule has 0 amide bonds. The zero-order valence-electron chi connectivity index (χ0n) is 8.24. The van der Waals surface area contributed by atoms with Crippen molar-refractivity contribution in [2.45, 2.75) is 13.3 Å². The Labute approximate surface area is 92.7 Å². The fourth-order valence-electron chi connectivity index (χ4n) is 1.28. The van der Waals surface area contributed by atoms with Crippen molar-refractivity contribution in [2.24, 2.45) is 5.92 Å². The second-order valence-corrected chi connectivity index (χ2v) is 3.84. The third-order valence-corrected chi connectivity index (χ3v) is 2.37. The van der Waals surface area contributed by atoms with Crippen molar-refractivity contribution in [3.63, 3.8) is 0 Å². The Morgan fingerprint density at radius 1 is 1.60 bits per heavy atom. The summed E-state index contributed by atoms with van der Waals surface area (Å²) in [7, 11) is 0. The standard InChI is InChI=1S/C11H11ClO3/c1-7(6-13)4-8-2-3-9(11(14)15)10(12)5-8/h2-3,5-7H,4H2,1H3,(H,14,15). The quantitative estimate of drug-likeness (QED) is 0.803. The van der Waals surface area contributed by atoms with Crippen LogP contribution in [-0.2, 0) is 11.2 Å². The summed E-state index contributed by atoms with van der Waals surface area (Å²) in [5.74, 6) is -1.13. The summed E-state index contributed by atoms with van der Waals surface area (Å²) in [4.78, 5) is 21.1. The highest BCUT2D eigenvalue weighted by atomic mass is 35.5. The van der Waals surface area contributed by atoms with Gasteiger partial charge in [0.25, 0.3) is 0 Å². The number of carbonyl (C=O) groups excluding carboxylic acids is 1. The van der Waals surface area contributed by atoms with E-state index < -0.39 is 5.97 Å². The molecule has 0 heterocycles. The highest BCUT2D eigenvalue weighted by Crippen LogP contribution is 2.19. The Hall–Kier alpha value is -1.35. The van der Waals surface area contributed by atoms with Crippen molar-refractivity contribution in [1.29, 1.82) is 0 Å². The van der Waals surface area contributed by atoms with E-state index >= 15 is 0 Å². The van der Waals surface area contributed by atoms with Crippen LogP contribution in [0.5, 0.6) is 0 Å². The average molecular weight is 227 g/mol. The molecular formula is C11H11ClO3. The molecule has 0 radical (unpaired) electrons. The highest BCUT2D eigenvalue weighted by Gasteiger charge is 2.10. The molecule has 4 heteroatoms. The lowest BCUT2D eigenvalue weighted by Crippen LogP contribution is -2.02. The molecule has 0 saturated heterocycles. The monoisotopic (exact) mass is 226 g/mol. The van der Waals surface area contributed by atoms with Gasteiger partial charge in [-0.3, -0.25) is 0 Å². The van der Waals surface area contributed by atoms with Crippen LogP contribution in [0.1, 0.15) is 22.8 Å². The van der Waals surface area contributed by atoms with Gasteiger partial charge in [0.15, 0.2) is 0 Å². The summed E-state index contributed by atoms with van der Waals surface area (Å²) in [6.45, 7) is 1.80. The Morgan fingerprint density at radius 3 is 2.73 bits per heavy atom. The molecule has 0 spiro atoms. The highest BCUT2D eigenvalue weighted by molar-refractivity contribution is 6.33. The molecule has 1 aromatic carbocycles. The number of carboxylic acid groups (broad SMARTS) is 1. The molecule has 0 saturated carbocycles. The minimum absolute atomic E-state index is 0.0826. The molecule has 0 bridgehead atoms. The first-order valence-electron chi connectivity index (χ1n) is 4.51. The number of hydrogen-bond acceptors (Lipinski definition) is 2.